The second-order valence-corrected chi connectivity index (χ2v) is 7.72. The van der Waals surface area contributed by atoms with E-state index in [0.717, 1.165) is 36.7 Å². The molecule has 28 heavy (non-hydrogen) atoms. The lowest BCUT2D eigenvalue weighted by Gasteiger charge is -2.32. The summed E-state index contributed by atoms with van der Waals surface area (Å²) in [5.74, 6) is 2.93. The quantitative estimate of drug-likeness (QED) is 0.651. The number of rotatable bonds is 6. The van der Waals surface area contributed by atoms with E-state index in [0.29, 0.717) is 31.7 Å². The Labute approximate surface area is 163 Å². The Balaban J connectivity index is 1.33. The average molecular weight is 382 g/mol. The second kappa shape index (κ2) is 8.08. The van der Waals surface area contributed by atoms with Crippen molar-refractivity contribution in [2.45, 2.75) is 57.8 Å². The summed E-state index contributed by atoms with van der Waals surface area (Å²) in [6, 6.07) is 5.89. The molecule has 0 radical (unpaired) electrons. The molecule has 8 nitrogen and oxygen atoms in total. The highest BCUT2D eigenvalue weighted by Crippen LogP contribution is 2.26. The molecule has 0 aliphatic carbocycles. The van der Waals surface area contributed by atoms with Crippen molar-refractivity contribution in [2.24, 2.45) is 0 Å². The van der Waals surface area contributed by atoms with Gasteiger partial charge in [0, 0.05) is 44.0 Å². The molecule has 0 unspecified atom stereocenters. The van der Waals surface area contributed by atoms with Crippen LogP contribution in [0.5, 0.6) is 0 Å². The number of fused-ring (bicyclic) bond motifs is 1. The zero-order valence-corrected chi connectivity index (χ0v) is 16.4. The van der Waals surface area contributed by atoms with E-state index in [1.54, 1.807) is 0 Å². The van der Waals surface area contributed by atoms with Crippen molar-refractivity contribution in [1.82, 2.24) is 29.6 Å². The third-order valence-electron chi connectivity index (χ3n) is 5.26. The third-order valence-corrected chi connectivity index (χ3v) is 5.26. The van der Waals surface area contributed by atoms with Crippen molar-refractivity contribution in [3.8, 4) is 0 Å². The van der Waals surface area contributed by atoms with Crippen LogP contribution in [0.15, 0.2) is 28.9 Å². The van der Waals surface area contributed by atoms with Gasteiger partial charge in [-0.2, -0.15) is 4.98 Å². The van der Waals surface area contributed by atoms with E-state index < -0.39 is 0 Å². The number of hydrogen-bond acceptors (Lipinski definition) is 6. The minimum atomic E-state index is 0.183. The molecule has 1 saturated heterocycles. The molecule has 1 atom stereocenters. The van der Waals surface area contributed by atoms with E-state index in [1.807, 2.05) is 47.5 Å². The largest absolute Gasteiger partial charge is 0.342 e. The van der Waals surface area contributed by atoms with Gasteiger partial charge in [-0.05, 0) is 31.4 Å². The van der Waals surface area contributed by atoms with Gasteiger partial charge in [-0.25, -0.2) is 0 Å². The van der Waals surface area contributed by atoms with Gasteiger partial charge in [0.1, 0.15) is 5.82 Å². The Hall–Kier alpha value is -2.77. The molecule has 3 aromatic heterocycles. The lowest BCUT2D eigenvalue weighted by atomic mass is 9.96. The number of pyridine rings is 1. The standard InChI is InChI=1S/C20H26N6O2/c1-14(2)19-21-17(28-24-19)9-5-10-18(27)25-11-6-7-15(13-25)20-23-22-16-8-3-4-12-26(16)20/h3-4,8,12,14-15H,5-7,9-11,13H2,1-2H3/t15-/m1/s1. The van der Waals surface area contributed by atoms with Gasteiger partial charge in [-0.1, -0.05) is 25.1 Å². The van der Waals surface area contributed by atoms with E-state index in [4.69, 9.17) is 4.52 Å². The molecule has 1 amide bonds. The number of amides is 1. The fourth-order valence-electron chi connectivity index (χ4n) is 3.71. The van der Waals surface area contributed by atoms with Crippen LogP contribution in [-0.4, -0.2) is 48.6 Å². The van der Waals surface area contributed by atoms with E-state index in [1.165, 1.54) is 0 Å². The Morgan fingerprint density at radius 3 is 3.04 bits per heavy atom. The van der Waals surface area contributed by atoms with E-state index >= 15 is 0 Å². The van der Waals surface area contributed by atoms with Crippen LogP contribution >= 0.6 is 0 Å². The molecular formula is C20H26N6O2. The number of carbonyl (C=O) groups is 1. The summed E-state index contributed by atoms with van der Waals surface area (Å²) in [4.78, 5) is 19.0. The van der Waals surface area contributed by atoms with E-state index in [2.05, 4.69) is 20.3 Å². The normalized spacial score (nSPS) is 17.5. The smallest absolute Gasteiger partial charge is 0.226 e. The third kappa shape index (κ3) is 3.90. The first-order valence-electron chi connectivity index (χ1n) is 10.0. The van der Waals surface area contributed by atoms with Crippen LogP contribution in [0.1, 0.15) is 68.9 Å². The summed E-state index contributed by atoms with van der Waals surface area (Å²) in [7, 11) is 0. The van der Waals surface area contributed by atoms with Gasteiger partial charge >= 0.3 is 0 Å². The minimum Gasteiger partial charge on any atom is -0.342 e. The second-order valence-electron chi connectivity index (χ2n) is 7.72. The van der Waals surface area contributed by atoms with Crippen molar-refractivity contribution >= 4 is 11.6 Å². The van der Waals surface area contributed by atoms with Crippen molar-refractivity contribution < 1.29 is 9.32 Å². The maximum absolute atomic E-state index is 12.7. The monoisotopic (exact) mass is 382 g/mol. The Bertz CT molecular complexity index is 947. The average Bonchev–Trinajstić information content (AvgIpc) is 3.35. The molecule has 0 bridgehead atoms. The SMILES string of the molecule is CC(C)c1noc(CCCC(=O)N2CCC[C@@H](c3nnc4ccccn34)C2)n1. The molecule has 0 aromatic carbocycles. The van der Waals surface area contributed by atoms with Crippen molar-refractivity contribution in [3.63, 3.8) is 0 Å². The zero-order chi connectivity index (χ0) is 19.5. The predicted molar refractivity (Wildman–Crippen MR) is 103 cm³/mol. The lowest BCUT2D eigenvalue weighted by Crippen LogP contribution is -2.39. The molecule has 4 rings (SSSR count). The van der Waals surface area contributed by atoms with Crippen molar-refractivity contribution in [2.75, 3.05) is 13.1 Å². The highest BCUT2D eigenvalue weighted by atomic mass is 16.5. The highest BCUT2D eigenvalue weighted by molar-refractivity contribution is 5.76. The van der Waals surface area contributed by atoms with Crippen LogP contribution in [0.25, 0.3) is 5.65 Å². The molecule has 0 spiro atoms. The molecule has 148 valence electrons. The number of likely N-dealkylation sites (tertiary alicyclic amines) is 1. The number of aromatic nitrogens is 5. The van der Waals surface area contributed by atoms with Crippen LogP contribution in [0.2, 0.25) is 0 Å². The summed E-state index contributed by atoms with van der Waals surface area (Å²) < 4.78 is 7.28. The summed E-state index contributed by atoms with van der Waals surface area (Å²) in [6.45, 7) is 5.57. The van der Waals surface area contributed by atoms with Crippen molar-refractivity contribution in [3.05, 3.63) is 41.9 Å². The fourth-order valence-corrected chi connectivity index (χ4v) is 3.71. The number of piperidine rings is 1. The molecule has 3 aromatic rings. The van der Waals surface area contributed by atoms with Crippen LogP contribution in [0.3, 0.4) is 0 Å². The molecule has 0 N–H and O–H groups in total. The maximum Gasteiger partial charge on any atom is 0.226 e. The first-order valence-corrected chi connectivity index (χ1v) is 10.0. The van der Waals surface area contributed by atoms with Crippen LogP contribution in [0.4, 0.5) is 0 Å². The summed E-state index contributed by atoms with van der Waals surface area (Å²) in [5, 5.41) is 12.6. The van der Waals surface area contributed by atoms with Gasteiger partial charge in [0.05, 0.1) is 0 Å². The summed E-state index contributed by atoms with van der Waals surface area (Å²) in [5.41, 5.74) is 0.848. The Kier molecular flexibility index (Phi) is 5.36. The molecule has 1 aliphatic rings. The molecule has 1 aliphatic heterocycles. The first kappa shape index (κ1) is 18.6. The molecule has 0 saturated carbocycles. The van der Waals surface area contributed by atoms with Gasteiger partial charge in [-0.3, -0.25) is 9.20 Å². The molecular weight excluding hydrogens is 356 g/mol. The molecule has 1 fully saturated rings. The lowest BCUT2D eigenvalue weighted by molar-refractivity contribution is -0.132. The zero-order valence-electron chi connectivity index (χ0n) is 16.4. The van der Waals surface area contributed by atoms with Crippen LogP contribution < -0.4 is 0 Å². The predicted octanol–water partition coefficient (Wildman–Crippen LogP) is 2.96. The van der Waals surface area contributed by atoms with Gasteiger partial charge in [0.15, 0.2) is 11.5 Å². The van der Waals surface area contributed by atoms with E-state index in [9.17, 15) is 4.79 Å². The number of hydrogen-bond donors (Lipinski definition) is 0. The minimum absolute atomic E-state index is 0.183. The summed E-state index contributed by atoms with van der Waals surface area (Å²) in [6.07, 6.45) is 5.85. The Morgan fingerprint density at radius 2 is 2.21 bits per heavy atom. The highest BCUT2D eigenvalue weighted by Gasteiger charge is 2.27. The molecule has 4 heterocycles. The Morgan fingerprint density at radius 1 is 1.32 bits per heavy atom. The van der Waals surface area contributed by atoms with Crippen LogP contribution in [-0.2, 0) is 11.2 Å². The number of aryl methyl sites for hydroxylation is 1. The van der Waals surface area contributed by atoms with Gasteiger partial charge < -0.3 is 9.42 Å². The van der Waals surface area contributed by atoms with Gasteiger partial charge in [0.2, 0.25) is 11.8 Å². The topological polar surface area (TPSA) is 89.4 Å². The first-order chi connectivity index (χ1) is 13.6. The van der Waals surface area contributed by atoms with E-state index in [-0.39, 0.29) is 17.7 Å². The van der Waals surface area contributed by atoms with Crippen LogP contribution in [0, 0.1) is 0 Å². The molecule has 8 heteroatoms. The summed E-state index contributed by atoms with van der Waals surface area (Å²) >= 11 is 0. The fraction of sp³-hybridized carbons (Fsp3) is 0.550. The maximum atomic E-state index is 12.7. The number of nitrogens with zero attached hydrogens (tertiary/aromatic N) is 6. The van der Waals surface area contributed by atoms with Gasteiger partial charge in [-0.15, -0.1) is 10.2 Å². The van der Waals surface area contributed by atoms with Crippen molar-refractivity contribution in [1.29, 1.82) is 0 Å². The van der Waals surface area contributed by atoms with Gasteiger partial charge in [0.25, 0.3) is 0 Å². The number of carbonyl (C=O) groups excluding carboxylic acids is 1.